The molecule has 0 aliphatic carbocycles. The summed E-state index contributed by atoms with van der Waals surface area (Å²) >= 11 is 0. The summed E-state index contributed by atoms with van der Waals surface area (Å²) in [5.74, 6) is 0.823. The minimum Gasteiger partial charge on any atom is -0.490 e. The predicted molar refractivity (Wildman–Crippen MR) is 149 cm³/mol. The summed E-state index contributed by atoms with van der Waals surface area (Å²) in [5.41, 5.74) is 1.93. The first kappa shape index (κ1) is 27.5. The van der Waals surface area contributed by atoms with Crippen molar-refractivity contribution >= 4 is 22.8 Å². The molecule has 0 radical (unpaired) electrons. The molecule has 220 valence electrons. The SMILES string of the molecule is CCOc1ccc2c(C)c(C(=O)N3C[C@@H]4NC(=O)c5ncccc5OCCn5cc(nn5)CO[C@H]4C3)oc2c1OCC. The van der Waals surface area contributed by atoms with E-state index in [1.54, 1.807) is 27.9 Å². The minimum atomic E-state index is -0.525. The maximum Gasteiger partial charge on any atom is 0.290 e. The van der Waals surface area contributed by atoms with Gasteiger partial charge in [-0.15, -0.1) is 5.10 Å². The van der Waals surface area contributed by atoms with Crippen LogP contribution in [0.2, 0.25) is 0 Å². The van der Waals surface area contributed by atoms with Gasteiger partial charge in [-0.1, -0.05) is 5.21 Å². The molecule has 2 amide bonds. The van der Waals surface area contributed by atoms with E-state index in [0.29, 0.717) is 53.8 Å². The minimum absolute atomic E-state index is 0.152. The predicted octanol–water partition coefficient (Wildman–Crippen LogP) is 2.76. The van der Waals surface area contributed by atoms with E-state index in [1.165, 1.54) is 6.20 Å². The summed E-state index contributed by atoms with van der Waals surface area (Å²) in [7, 11) is 0. The molecule has 13 heteroatoms. The molecule has 6 rings (SSSR count). The molecular formula is C29H32N6O7. The summed E-state index contributed by atoms with van der Waals surface area (Å²) in [4.78, 5) is 33.1. The first-order valence-electron chi connectivity index (χ1n) is 14.0. The van der Waals surface area contributed by atoms with Crippen molar-refractivity contribution in [2.24, 2.45) is 0 Å². The zero-order chi connectivity index (χ0) is 29.2. The van der Waals surface area contributed by atoms with Gasteiger partial charge in [-0.3, -0.25) is 9.59 Å². The van der Waals surface area contributed by atoms with E-state index in [-0.39, 0.29) is 43.7 Å². The largest absolute Gasteiger partial charge is 0.490 e. The van der Waals surface area contributed by atoms with E-state index in [9.17, 15) is 9.59 Å². The van der Waals surface area contributed by atoms with Crippen molar-refractivity contribution in [3.05, 3.63) is 59.4 Å². The van der Waals surface area contributed by atoms with Crippen LogP contribution in [0.15, 0.2) is 41.1 Å². The van der Waals surface area contributed by atoms with Crippen LogP contribution in [0, 0.1) is 6.92 Å². The number of nitrogens with zero attached hydrogens (tertiary/aromatic N) is 5. The summed E-state index contributed by atoms with van der Waals surface area (Å²) < 4.78 is 31.5. The van der Waals surface area contributed by atoms with Crippen LogP contribution in [-0.2, 0) is 17.9 Å². The highest BCUT2D eigenvalue weighted by atomic mass is 16.5. The number of amides is 2. The summed E-state index contributed by atoms with van der Waals surface area (Å²) in [6, 6.07) is 6.55. The monoisotopic (exact) mass is 576 g/mol. The zero-order valence-electron chi connectivity index (χ0n) is 23.7. The van der Waals surface area contributed by atoms with E-state index in [4.69, 9.17) is 23.4 Å². The van der Waals surface area contributed by atoms with Gasteiger partial charge in [-0.05, 0) is 45.0 Å². The molecule has 0 spiro atoms. The van der Waals surface area contributed by atoms with E-state index in [0.717, 1.165) is 5.39 Å². The number of hydrogen-bond donors (Lipinski definition) is 1. The second-order valence-corrected chi connectivity index (χ2v) is 10.0. The topological polar surface area (TPSA) is 143 Å². The first-order valence-corrected chi connectivity index (χ1v) is 14.0. The summed E-state index contributed by atoms with van der Waals surface area (Å²) in [6.45, 7) is 7.77. The number of aryl methyl sites for hydroxylation is 1. The van der Waals surface area contributed by atoms with Crippen LogP contribution < -0.4 is 19.5 Å². The van der Waals surface area contributed by atoms with E-state index >= 15 is 0 Å². The highest BCUT2D eigenvalue weighted by Gasteiger charge is 2.40. The number of ether oxygens (including phenoxy) is 4. The normalized spacial score (nSPS) is 18.9. The van der Waals surface area contributed by atoms with Crippen LogP contribution >= 0.6 is 0 Å². The fraction of sp³-hybridized carbons (Fsp3) is 0.414. The second kappa shape index (κ2) is 11.7. The fourth-order valence-electron chi connectivity index (χ4n) is 5.26. The molecule has 1 N–H and O–H groups in total. The molecule has 2 atom stereocenters. The third kappa shape index (κ3) is 5.22. The third-order valence-corrected chi connectivity index (χ3v) is 7.27. The molecule has 0 unspecified atom stereocenters. The highest BCUT2D eigenvalue weighted by Crippen LogP contribution is 2.40. The van der Waals surface area contributed by atoms with Crippen LogP contribution in [0.25, 0.3) is 11.0 Å². The smallest absolute Gasteiger partial charge is 0.290 e. The van der Waals surface area contributed by atoms with Gasteiger partial charge < -0.3 is 33.6 Å². The average molecular weight is 577 g/mol. The third-order valence-electron chi connectivity index (χ3n) is 7.27. The van der Waals surface area contributed by atoms with Gasteiger partial charge in [0, 0.05) is 30.2 Å². The Morgan fingerprint density at radius 1 is 1.17 bits per heavy atom. The lowest BCUT2D eigenvalue weighted by molar-refractivity contribution is 0.0287. The Kier molecular flexibility index (Phi) is 7.66. The quantitative estimate of drug-likeness (QED) is 0.377. The Labute approximate surface area is 241 Å². The highest BCUT2D eigenvalue weighted by molar-refractivity contribution is 6.01. The number of pyridine rings is 1. The molecule has 2 aliphatic rings. The number of carbonyl (C=O) groups is 2. The van der Waals surface area contributed by atoms with Gasteiger partial charge in [-0.2, -0.15) is 0 Å². The Morgan fingerprint density at radius 2 is 2.02 bits per heavy atom. The van der Waals surface area contributed by atoms with Gasteiger partial charge in [0.15, 0.2) is 28.5 Å². The fourth-order valence-corrected chi connectivity index (χ4v) is 5.26. The number of nitrogens with one attached hydrogen (secondary N) is 1. The number of aromatic nitrogens is 4. The molecule has 5 heterocycles. The molecule has 2 bridgehead atoms. The Hall–Kier alpha value is -4.65. The van der Waals surface area contributed by atoms with Crippen molar-refractivity contribution in [2.75, 3.05) is 32.9 Å². The maximum absolute atomic E-state index is 13.9. The van der Waals surface area contributed by atoms with Crippen molar-refractivity contribution in [1.82, 2.24) is 30.2 Å². The Balaban J connectivity index is 1.30. The van der Waals surface area contributed by atoms with Crippen molar-refractivity contribution in [3.8, 4) is 17.2 Å². The Morgan fingerprint density at radius 3 is 2.86 bits per heavy atom. The second-order valence-electron chi connectivity index (χ2n) is 10.0. The van der Waals surface area contributed by atoms with Crippen molar-refractivity contribution in [3.63, 3.8) is 0 Å². The van der Waals surface area contributed by atoms with E-state index in [2.05, 4.69) is 20.6 Å². The molecule has 42 heavy (non-hydrogen) atoms. The van der Waals surface area contributed by atoms with Gasteiger partial charge in [0.05, 0.1) is 44.7 Å². The lowest BCUT2D eigenvalue weighted by Crippen LogP contribution is -2.44. The average Bonchev–Trinajstić information content (AvgIpc) is 3.70. The number of likely N-dealkylation sites (tertiary alicyclic amines) is 1. The number of carbonyl (C=O) groups excluding carboxylic acids is 2. The molecule has 2 aliphatic heterocycles. The number of hydrogen-bond acceptors (Lipinski definition) is 10. The number of fused-ring (bicyclic) bond motifs is 5. The van der Waals surface area contributed by atoms with Gasteiger partial charge in [-0.25, -0.2) is 9.67 Å². The van der Waals surface area contributed by atoms with Gasteiger partial charge in [0.2, 0.25) is 5.75 Å². The molecule has 3 aromatic heterocycles. The van der Waals surface area contributed by atoms with Crippen molar-refractivity contribution in [2.45, 2.75) is 46.1 Å². The molecule has 1 saturated heterocycles. The van der Waals surface area contributed by atoms with Crippen LogP contribution in [0.4, 0.5) is 0 Å². The van der Waals surface area contributed by atoms with E-state index in [1.807, 2.05) is 32.9 Å². The molecular weight excluding hydrogens is 544 g/mol. The molecule has 4 aromatic rings. The van der Waals surface area contributed by atoms with Crippen LogP contribution in [0.1, 0.15) is 46.1 Å². The molecule has 1 aromatic carbocycles. The molecule has 13 nitrogen and oxygen atoms in total. The summed E-state index contributed by atoms with van der Waals surface area (Å²) in [6.07, 6.45) is 2.80. The van der Waals surface area contributed by atoms with E-state index < -0.39 is 18.1 Å². The standard InChI is InChI=1S/C29H32N6O7/c1-4-38-22-9-8-19-17(3)25(42-26(19)27(22)39-5-2)29(37)34-14-20-23(15-34)41-16-18-13-35(33-32-18)11-12-40-21-7-6-10-30-24(21)28(36)31-20/h6-10,13,20,23H,4-5,11-12,14-16H2,1-3H3,(H,31,36)/t20-,23-/m0/s1. The maximum atomic E-state index is 13.9. The Bertz CT molecular complexity index is 1620. The van der Waals surface area contributed by atoms with Gasteiger partial charge in [0.25, 0.3) is 11.8 Å². The van der Waals surface area contributed by atoms with Gasteiger partial charge >= 0.3 is 0 Å². The number of furan rings is 1. The lowest BCUT2D eigenvalue weighted by Gasteiger charge is -2.20. The lowest BCUT2D eigenvalue weighted by atomic mass is 10.1. The molecule has 0 saturated carbocycles. The van der Waals surface area contributed by atoms with Crippen molar-refractivity contribution in [1.29, 1.82) is 0 Å². The van der Waals surface area contributed by atoms with Crippen LogP contribution in [0.3, 0.4) is 0 Å². The molecule has 1 fully saturated rings. The number of benzene rings is 1. The zero-order valence-corrected chi connectivity index (χ0v) is 23.7. The summed E-state index contributed by atoms with van der Waals surface area (Å²) in [5, 5.41) is 12.1. The number of rotatable bonds is 5. The van der Waals surface area contributed by atoms with Crippen LogP contribution in [0.5, 0.6) is 17.2 Å². The van der Waals surface area contributed by atoms with Gasteiger partial charge in [0.1, 0.15) is 12.3 Å². The van der Waals surface area contributed by atoms with Crippen molar-refractivity contribution < 1.29 is 33.0 Å². The first-order chi connectivity index (χ1) is 20.5. The van der Waals surface area contributed by atoms with Crippen LogP contribution in [-0.4, -0.2) is 81.7 Å².